The molecule has 0 spiro atoms. The zero-order valence-corrected chi connectivity index (χ0v) is 11.9. The molecule has 7 nitrogen and oxygen atoms in total. The van der Waals surface area contributed by atoms with E-state index in [1.54, 1.807) is 7.11 Å². The van der Waals surface area contributed by atoms with E-state index in [0.717, 1.165) is 0 Å². The van der Waals surface area contributed by atoms with Crippen molar-refractivity contribution in [2.24, 2.45) is 0 Å². The van der Waals surface area contributed by atoms with Gasteiger partial charge in [-0.1, -0.05) is 0 Å². The molecule has 1 rings (SSSR count). The van der Waals surface area contributed by atoms with Gasteiger partial charge in [0, 0.05) is 13.7 Å². The lowest BCUT2D eigenvalue weighted by Crippen LogP contribution is -2.26. The van der Waals surface area contributed by atoms with Crippen molar-refractivity contribution < 1.29 is 27.8 Å². The number of carbonyl (C=O) groups is 1. The summed E-state index contributed by atoms with van der Waals surface area (Å²) in [6.07, 6.45) is -0.266. The Hall–Kier alpha value is -1.64. The van der Waals surface area contributed by atoms with E-state index in [2.05, 4.69) is 4.72 Å². The third-order valence-electron chi connectivity index (χ3n) is 2.32. The van der Waals surface area contributed by atoms with Gasteiger partial charge in [0.05, 0.1) is 17.9 Å². The Morgan fingerprint density at radius 3 is 2.45 bits per heavy atom. The first-order valence-corrected chi connectivity index (χ1v) is 7.37. The number of nitrogens with one attached hydrogen (secondary N) is 1. The van der Waals surface area contributed by atoms with Crippen molar-refractivity contribution in [3.05, 3.63) is 24.3 Å². The molecule has 20 heavy (non-hydrogen) atoms. The molecular weight excluding hydrogens is 286 g/mol. The highest BCUT2D eigenvalue weighted by molar-refractivity contribution is 7.89. The molecule has 0 radical (unpaired) electrons. The Balaban J connectivity index is 2.59. The van der Waals surface area contributed by atoms with Crippen LogP contribution in [0.2, 0.25) is 0 Å². The number of carboxylic acid groups (broad SMARTS) is 1. The second-order valence-corrected chi connectivity index (χ2v) is 5.62. The SMILES string of the molecule is COCCOc1ccc(S(=O)(=O)NCCC(=O)O)cc1. The molecule has 1 aromatic carbocycles. The van der Waals surface area contributed by atoms with Gasteiger partial charge in [0.25, 0.3) is 0 Å². The number of methoxy groups -OCH3 is 1. The molecule has 0 fully saturated rings. The molecule has 0 bridgehead atoms. The summed E-state index contributed by atoms with van der Waals surface area (Å²) >= 11 is 0. The fourth-order valence-corrected chi connectivity index (χ4v) is 2.37. The van der Waals surface area contributed by atoms with Crippen molar-refractivity contribution >= 4 is 16.0 Å². The molecule has 0 aliphatic rings. The van der Waals surface area contributed by atoms with Crippen molar-refractivity contribution in [1.29, 1.82) is 0 Å². The highest BCUT2D eigenvalue weighted by Crippen LogP contribution is 2.15. The average Bonchev–Trinajstić information content (AvgIpc) is 2.39. The van der Waals surface area contributed by atoms with Crippen molar-refractivity contribution in [2.75, 3.05) is 26.9 Å². The van der Waals surface area contributed by atoms with E-state index < -0.39 is 16.0 Å². The minimum absolute atomic E-state index is 0.0574. The lowest BCUT2D eigenvalue weighted by atomic mass is 10.3. The number of carboxylic acids is 1. The molecule has 0 heterocycles. The molecule has 8 heteroatoms. The van der Waals surface area contributed by atoms with Crippen LogP contribution in [0.1, 0.15) is 6.42 Å². The maximum Gasteiger partial charge on any atom is 0.304 e. The molecule has 0 aliphatic heterocycles. The van der Waals surface area contributed by atoms with Crippen LogP contribution >= 0.6 is 0 Å². The molecule has 0 amide bonds. The first-order valence-electron chi connectivity index (χ1n) is 5.89. The lowest BCUT2D eigenvalue weighted by molar-refractivity contribution is -0.136. The first kappa shape index (κ1) is 16.4. The zero-order valence-electron chi connectivity index (χ0n) is 11.0. The second kappa shape index (κ2) is 7.83. The van der Waals surface area contributed by atoms with Crippen LogP contribution in [0.4, 0.5) is 0 Å². The molecule has 0 atom stereocenters. The Morgan fingerprint density at radius 2 is 1.90 bits per heavy atom. The Kier molecular flexibility index (Phi) is 6.43. The molecule has 0 aliphatic carbocycles. The predicted molar refractivity (Wildman–Crippen MR) is 71.3 cm³/mol. The second-order valence-electron chi connectivity index (χ2n) is 3.85. The minimum Gasteiger partial charge on any atom is -0.491 e. The quantitative estimate of drug-likeness (QED) is 0.643. The monoisotopic (exact) mass is 303 g/mol. The molecule has 0 unspecified atom stereocenters. The lowest BCUT2D eigenvalue weighted by Gasteiger charge is -2.08. The van der Waals surface area contributed by atoms with E-state index in [4.69, 9.17) is 14.6 Å². The molecule has 0 aromatic heterocycles. The number of ether oxygens (including phenoxy) is 2. The smallest absolute Gasteiger partial charge is 0.304 e. The third kappa shape index (κ3) is 5.55. The van der Waals surface area contributed by atoms with Gasteiger partial charge in [-0.05, 0) is 24.3 Å². The van der Waals surface area contributed by atoms with Gasteiger partial charge in [0.2, 0.25) is 10.0 Å². The van der Waals surface area contributed by atoms with Crippen LogP contribution in [-0.2, 0) is 19.6 Å². The van der Waals surface area contributed by atoms with Gasteiger partial charge in [-0.3, -0.25) is 4.79 Å². The van der Waals surface area contributed by atoms with Gasteiger partial charge in [-0.15, -0.1) is 0 Å². The Labute approximate surface area is 117 Å². The summed E-state index contributed by atoms with van der Waals surface area (Å²) in [6.45, 7) is 0.667. The summed E-state index contributed by atoms with van der Waals surface area (Å²) in [5.74, 6) is -0.527. The topological polar surface area (TPSA) is 102 Å². The normalized spacial score (nSPS) is 11.2. The summed E-state index contributed by atoms with van der Waals surface area (Å²) in [5, 5.41) is 8.46. The molecule has 0 saturated heterocycles. The average molecular weight is 303 g/mol. The molecule has 1 aromatic rings. The molecule has 112 valence electrons. The van der Waals surface area contributed by atoms with Gasteiger partial charge in [-0.2, -0.15) is 0 Å². The van der Waals surface area contributed by atoms with Crippen LogP contribution in [0.15, 0.2) is 29.2 Å². The van der Waals surface area contributed by atoms with Crippen LogP contribution in [0.3, 0.4) is 0 Å². The van der Waals surface area contributed by atoms with Crippen LogP contribution < -0.4 is 9.46 Å². The van der Waals surface area contributed by atoms with Crippen LogP contribution in [0, 0.1) is 0 Å². The van der Waals surface area contributed by atoms with Crippen molar-refractivity contribution in [3.8, 4) is 5.75 Å². The van der Waals surface area contributed by atoms with Gasteiger partial charge in [0.1, 0.15) is 12.4 Å². The largest absolute Gasteiger partial charge is 0.491 e. The van der Waals surface area contributed by atoms with Gasteiger partial charge < -0.3 is 14.6 Å². The number of aliphatic carboxylic acids is 1. The van der Waals surface area contributed by atoms with E-state index in [0.29, 0.717) is 19.0 Å². The first-order chi connectivity index (χ1) is 9.45. The van der Waals surface area contributed by atoms with Crippen molar-refractivity contribution in [1.82, 2.24) is 4.72 Å². The number of sulfonamides is 1. The summed E-state index contributed by atoms with van der Waals surface area (Å²) in [5.41, 5.74) is 0. The fraction of sp³-hybridized carbons (Fsp3) is 0.417. The maximum atomic E-state index is 11.8. The van der Waals surface area contributed by atoms with Gasteiger partial charge in [-0.25, -0.2) is 13.1 Å². The summed E-state index contributed by atoms with van der Waals surface area (Å²) < 4.78 is 36.0. The molecule has 0 saturated carbocycles. The zero-order chi connectivity index (χ0) is 15.0. The van der Waals surface area contributed by atoms with E-state index in [-0.39, 0.29) is 17.9 Å². The Morgan fingerprint density at radius 1 is 1.25 bits per heavy atom. The van der Waals surface area contributed by atoms with E-state index in [1.165, 1.54) is 24.3 Å². The predicted octanol–water partition coefficient (Wildman–Crippen LogP) is 0.465. The van der Waals surface area contributed by atoms with E-state index >= 15 is 0 Å². The summed E-state index contributed by atoms with van der Waals surface area (Å²) in [7, 11) is -2.13. The molecule has 2 N–H and O–H groups in total. The molecular formula is C12H17NO6S. The summed E-state index contributed by atoms with van der Waals surface area (Å²) in [6, 6.07) is 5.85. The van der Waals surface area contributed by atoms with E-state index in [1.807, 2.05) is 0 Å². The number of hydrogen-bond acceptors (Lipinski definition) is 5. The third-order valence-corrected chi connectivity index (χ3v) is 3.80. The van der Waals surface area contributed by atoms with Crippen molar-refractivity contribution in [2.45, 2.75) is 11.3 Å². The minimum atomic E-state index is -3.69. The van der Waals surface area contributed by atoms with Crippen molar-refractivity contribution in [3.63, 3.8) is 0 Å². The Bertz CT molecular complexity index is 525. The number of hydrogen-bond donors (Lipinski definition) is 2. The van der Waals surface area contributed by atoms with Crippen LogP contribution in [-0.4, -0.2) is 46.4 Å². The number of benzene rings is 1. The van der Waals surface area contributed by atoms with E-state index in [9.17, 15) is 13.2 Å². The maximum absolute atomic E-state index is 11.8. The van der Waals surface area contributed by atoms with Gasteiger partial charge in [0.15, 0.2) is 0 Å². The van der Waals surface area contributed by atoms with Gasteiger partial charge >= 0.3 is 5.97 Å². The van der Waals surface area contributed by atoms with Crippen LogP contribution in [0.25, 0.3) is 0 Å². The standard InChI is InChI=1S/C12H17NO6S/c1-18-8-9-19-10-2-4-11(5-3-10)20(16,17)13-7-6-12(14)15/h2-5,13H,6-9H2,1H3,(H,14,15). The number of rotatable bonds is 9. The van der Waals surface area contributed by atoms with Crippen LogP contribution in [0.5, 0.6) is 5.75 Å². The fourth-order valence-electron chi connectivity index (χ4n) is 1.33. The summed E-state index contributed by atoms with van der Waals surface area (Å²) in [4.78, 5) is 10.4. The highest BCUT2D eigenvalue weighted by atomic mass is 32.2. The highest BCUT2D eigenvalue weighted by Gasteiger charge is 2.13.